The number of thiophene rings is 1. The van der Waals surface area contributed by atoms with E-state index < -0.39 is 0 Å². The second-order valence-corrected chi connectivity index (χ2v) is 10.3. The van der Waals surface area contributed by atoms with E-state index in [0.29, 0.717) is 12.5 Å². The van der Waals surface area contributed by atoms with E-state index in [2.05, 4.69) is 65.0 Å². The first-order chi connectivity index (χ1) is 16.5. The van der Waals surface area contributed by atoms with E-state index >= 15 is 0 Å². The highest BCUT2D eigenvalue weighted by atomic mass is 32.1. The predicted octanol–water partition coefficient (Wildman–Crippen LogP) is 5.98. The van der Waals surface area contributed by atoms with Crippen LogP contribution in [-0.4, -0.2) is 27.6 Å². The molecule has 0 fully saturated rings. The SMILES string of the molecule is COc1ccccc1C1=NCc2nnc(C)n2-c2sc(CCc3ccc(CC(C)C)cc3)cc21. The van der Waals surface area contributed by atoms with Crippen molar-refractivity contribution in [3.05, 3.63) is 93.4 Å². The number of para-hydroxylation sites is 1. The topological polar surface area (TPSA) is 52.3 Å². The molecular weight excluding hydrogens is 440 g/mol. The number of hydrogen-bond donors (Lipinski definition) is 0. The van der Waals surface area contributed by atoms with Crippen LogP contribution in [0, 0.1) is 12.8 Å². The van der Waals surface area contributed by atoms with Crippen LogP contribution in [0.5, 0.6) is 5.75 Å². The zero-order chi connectivity index (χ0) is 23.7. The zero-order valence-corrected chi connectivity index (χ0v) is 21.0. The second-order valence-electron chi connectivity index (χ2n) is 9.21. The van der Waals surface area contributed by atoms with Gasteiger partial charge in [0.05, 0.1) is 12.8 Å². The van der Waals surface area contributed by atoms with Gasteiger partial charge in [0, 0.05) is 16.0 Å². The molecule has 1 aliphatic heterocycles. The molecule has 4 aromatic rings. The molecule has 2 aromatic carbocycles. The summed E-state index contributed by atoms with van der Waals surface area (Å²) >= 11 is 1.81. The highest BCUT2D eigenvalue weighted by Crippen LogP contribution is 2.35. The summed E-state index contributed by atoms with van der Waals surface area (Å²) in [5.74, 6) is 3.27. The highest BCUT2D eigenvalue weighted by molar-refractivity contribution is 7.15. The molecule has 2 aromatic heterocycles. The molecule has 0 saturated heterocycles. The van der Waals surface area contributed by atoms with E-state index in [1.165, 1.54) is 16.0 Å². The van der Waals surface area contributed by atoms with Crippen LogP contribution in [0.1, 0.15) is 52.6 Å². The maximum absolute atomic E-state index is 5.67. The zero-order valence-electron chi connectivity index (χ0n) is 20.2. The molecule has 3 heterocycles. The minimum atomic E-state index is 0.494. The Kier molecular flexibility index (Phi) is 6.33. The maximum Gasteiger partial charge on any atom is 0.160 e. The van der Waals surface area contributed by atoms with E-state index in [1.54, 1.807) is 7.11 Å². The van der Waals surface area contributed by atoms with Crippen LogP contribution in [0.15, 0.2) is 59.6 Å². The van der Waals surface area contributed by atoms with Crippen molar-refractivity contribution in [1.29, 1.82) is 0 Å². The summed E-state index contributed by atoms with van der Waals surface area (Å²) in [5, 5.41) is 9.87. The van der Waals surface area contributed by atoms with Crippen LogP contribution in [0.3, 0.4) is 0 Å². The molecule has 0 bridgehead atoms. The molecule has 0 aliphatic carbocycles. The van der Waals surface area contributed by atoms with E-state index in [-0.39, 0.29) is 0 Å². The number of nitrogens with zero attached hydrogens (tertiary/aromatic N) is 4. The molecule has 174 valence electrons. The number of hydrogen-bond acceptors (Lipinski definition) is 5. The molecule has 0 saturated carbocycles. The maximum atomic E-state index is 5.67. The van der Waals surface area contributed by atoms with Crippen molar-refractivity contribution in [3.63, 3.8) is 0 Å². The Morgan fingerprint density at radius 1 is 0.971 bits per heavy atom. The van der Waals surface area contributed by atoms with E-state index in [1.807, 2.05) is 36.5 Å². The molecule has 5 rings (SSSR count). The number of benzene rings is 2. The smallest absolute Gasteiger partial charge is 0.160 e. The number of aliphatic imine (C=N–C) groups is 1. The van der Waals surface area contributed by atoms with Gasteiger partial charge in [-0.05, 0) is 61.4 Å². The molecule has 0 amide bonds. The summed E-state index contributed by atoms with van der Waals surface area (Å²) in [6.45, 7) is 7.03. The fraction of sp³-hybridized carbons (Fsp3) is 0.321. The number of aromatic nitrogens is 3. The molecule has 0 atom stereocenters. The molecule has 0 spiro atoms. The third-order valence-electron chi connectivity index (χ3n) is 6.18. The minimum Gasteiger partial charge on any atom is -0.496 e. The lowest BCUT2D eigenvalue weighted by molar-refractivity contribution is 0.414. The van der Waals surface area contributed by atoms with E-state index in [4.69, 9.17) is 9.73 Å². The standard InChI is InChI=1S/C28H30N4OS/c1-18(2)15-21-11-9-20(10-12-21)13-14-22-16-24-27(23-7-5-6-8-25(23)33-4)29-17-26-31-30-19(3)32(26)28(24)34-22/h5-12,16,18H,13-15,17H2,1-4H3. The second kappa shape index (κ2) is 9.55. The van der Waals surface area contributed by atoms with Crippen LogP contribution in [0.25, 0.3) is 5.00 Å². The summed E-state index contributed by atoms with van der Waals surface area (Å²) in [5.41, 5.74) is 5.87. The van der Waals surface area contributed by atoms with Gasteiger partial charge in [-0.15, -0.1) is 21.5 Å². The largest absolute Gasteiger partial charge is 0.496 e. The summed E-state index contributed by atoms with van der Waals surface area (Å²) < 4.78 is 7.83. The summed E-state index contributed by atoms with van der Waals surface area (Å²) in [7, 11) is 1.71. The van der Waals surface area contributed by atoms with Crippen molar-refractivity contribution in [2.75, 3.05) is 7.11 Å². The van der Waals surface area contributed by atoms with Crippen LogP contribution in [-0.2, 0) is 25.8 Å². The number of aryl methyl sites for hydroxylation is 3. The van der Waals surface area contributed by atoms with E-state index in [0.717, 1.165) is 58.5 Å². The molecule has 1 aliphatic rings. The van der Waals surface area contributed by atoms with Gasteiger partial charge >= 0.3 is 0 Å². The van der Waals surface area contributed by atoms with Gasteiger partial charge in [-0.25, -0.2) is 0 Å². The Morgan fingerprint density at radius 2 is 1.74 bits per heavy atom. The van der Waals surface area contributed by atoms with Gasteiger partial charge < -0.3 is 4.74 Å². The highest BCUT2D eigenvalue weighted by Gasteiger charge is 2.25. The molecule has 0 radical (unpaired) electrons. The first kappa shape index (κ1) is 22.5. The van der Waals surface area contributed by atoms with Crippen molar-refractivity contribution >= 4 is 17.0 Å². The monoisotopic (exact) mass is 470 g/mol. The lowest BCUT2D eigenvalue weighted by Gasteiger charge is -2.11. The Balaban J connectivity index is 1.48. The van der Waals surface area contributed by atoms with Gasteiger partial charge in [-0.3, -0.25) is 9.56 Å². The summed E-state index contributed by atoms with van der Waals surface area (Å²) in [4.78, 5) is 6.32. The summed E-state index contributed by atoms with van der Waals surface area (Å²) in [6.07, 6.45) is 3.12. The van der Waals surface area contributed by atoms with Gasteiger partial charge in [0.25, 0.3) is 0 Å². The fourth-order valence-corrected chi connectivity index (χ4v) is 5.77. The predicted molar refractivity (Wildman–Crippen MR) is 139 cm³/mol. The first-order valence-electron chi connectivity index (χ1n) is 11.8. The molecule has 6 heteroatoms. The van der Waals surface area contributed by atoms with Crippen LogP contribution < -0.4 is 4.74 Å². The van der Waals surface area contributed by atoms with Crippen molar-refractivity contribution in [1.82, 2.24) is 14.8 Å². The number of ether oxygens (including phenoxy) is 1. The number of fused-ring (bicyclic) bond motifs is 3. The Hall–Kier alpha value is -3.25. The molecular formula is C28H30N4OS. The van der Waals surface area contributed by atoms with Crippen LogP contribution in [0.4, 0.5) is 0 Å². The Labute approximate surface area is 205 Å². The fourth-order valence-electron chi connectivity index (χ4n) is 4.55. The third kappa shape index (κ3) is 4.42. The van der Waals surface area contributed by atoms with Gasteiger partial charge in [0.2, 0.25) is 0 Å². The van der Waals surface area contributed by atoms with Crippen molar-refractivity contribution < 1.29 is 4.74 Å². The Bertz CT molecular complexity index is 1330. The van der Waals surface area contributed by atoms with Crippen LogP contribution >= 0.6 is 11.3 Å². The molecule has 0 unspecified atom stereocenters. The lowest BCUT2D eigenvalue weighted by Crippen LogP contribution is -2.07. The molecule has 34 heavy (non-hydrogen) atoms. The Morgan fingerprint density at radius 3 is 2.50 bits per heavy atom. The number of rotatable bonds is 7. The normalized spacial score (nSPS) is 12.8. The molecule has 0 N–H and O–H groups in total. The average molecular weight is 471 g/mol. The van der Waals surface area contributed by atoms with E-state index in [9.17, 15) is 0 Å². The average Bonchev–Trinajstić information content (AvgIpc) is 3.37. The third-order valence-corrected chi connectivity index (χ3v) is 7.36. The van der Waals surface area contributed by atoms with Crippen molar-refractivity contribution in [2.24, 2.45) is 10.9 Å². The van der Waals surface area contributed by atoms with Crippen LogP contribution in [0.2, 0.25) is 0 Å². The minimum absolute atomic E-state index is 0.494. The lowest BCUT2D eigenvalue weighted by atomic mass is 10.00. The van der Waals surface area contributed by atoms with Crippen molar-refractivity contribution in [2.45, 2.75) is 46.6 Å². The van der Waals surface area contributed by atoms with Gasteiger partial charge in [0.1, 0.15) is 23.1 Å². The van der Waals surface area contributed by atoms with Crippen molar-refractivity contribution in [3.8, 4) is 10.8 Å². The summed E-state index contributed by atoms with van der Waals surface area (Å²) in [6, 6.07) is 19.5. The van der Waals surface area contributed by atoms with Gasteiger partial charge in [-0.1, -0.05) is 50.2 Å². The number of methoxy groups -OCH3 is 1. The molecule has 5 nitrogen and oxygen atoms in total. The first-order valence-corrected chi connectivity index (χ1v) is 12.6. The quantitative estimate of drug-likeness (QED) is 0.334. The van der Waals surface area contributed by atoms with Gasteiger partial charge in [0.15, 0.2) is 5.82 Å². The van der Waals surface area contributed by atoms with Gasteiger partial charge in [-0.2, -0.15) is 0 Å².